The van der Waals surface area contributed by atoms with E-state index in [-0.39, 0.29) is 17.5 Å². The Kier molecular flexibility index (Phi) is 6.12. The molecule has 0 fully saturated rings. The van der Waals surface area contributed by atoms with Gasteiger partial charge in [-0.25, -0.2) is 8.42 Å². The molecule has 0 aliphatic heterocycles. The molecule has 17 heavy (non-hydrogen) atoms. The maximum absolute atomic E-state index is 11.4. The molecule has 6 heteroatoms. The summed E-state index contributed by atoms with van der Waals surface area (Å²) in [5.41, 5.74) is 1.22. The quantitative estimate of drug-likeness (QED) is 0.830. The summed E-state index contributed by atoms with van der Waals surface area (Å²) >= 11 is 5.09. The summed E-state index contributed by atoms with van der Waals surface area (Å²) in [7, 11) is -0.927. The number of halogens is 1. The third kappa shape index (κ3) is 5.07. The Morgan fingerprint density at radius 2 is 2.24 bits per heavy atom. The minimum atomic E-state index is -2.83. The first kappa shape index (κ1) is 15.1. The molecule has 0 saturated heterocycles. The van der Waals surface area contributed by atoms with Crippen molar-refractivity contribution in [3.8, 4) is 0 Å². The van der Waals surface area contributed by atoms with Crippen LogP contribution in [-0.2, 0) is 9.84 Å². The third-order valence-corrected chi connectivity index (χ3v) is 6.04. The Hall–Kier alpha value is 0.0900. The van der Waals surface area contributed by atoms with Crippen molar-refractivity contribution in [2.45, 2.75) is 25.8 Å². The van der Waals surface area contributed by atoms with Crippen LogP contribution in [-0.4, -0.2) is 27.0 Å². The lowest BCUT2D eigenvalue weighted by atomic mass is 10.1. The molecule has 0 bridgehead atoms. The van der Waals surface area contributed by atoms with Gasteiger partial charge in [0.2, 0.25) is 0 Å². The van der Waals surface area contributed by atoms with Gasteiger partial charge in [0.25, 0.3) is 0 Å². The first-order valence-electron chi connectivity index (χ1n) is 5.60. The second-order valence-electron chi connectivity index (χ2n) is 3.90. The van der Waals surface area contributed by atoms with Gasteiger partial charge < -0.3 is 5.32 Å². The molecule has 1 aromatic rings. The molecule has 1 atom stereocenters. The van der Waals surface area contributed by atoms with E-state index in [9.17, 15) is 8.42 Å². The fraction of sp³-hybridized carbons (Fsp3) is 0.636. The van der Waals surface area contributed by atoms with Gasteiger partial charge in [-0.1, -0.05) is 6.92 Å². The molecule has 0 aliphatic rings. The summed E-state index contributed by atoms with van der Waals surface area (Å²) < 4.78 is 23.9. The Bertz CT molecular complexity index is 442. The van der Waals surface area contributed by atoms with Gasteiger partial charge in [-0.2, -0.15) is 0 Å². The molecular formula is C11H18BrNO2S2. The maximum atomic E-state index is 11.4. The Balaban J connectivity index is 2.49. The number of hydrogen-bond donors (Lipinski definition) is 1. The van der Waals surface area contributed by atoms with Crippen LogP contribution < -0.4 is 5.32 Å². The van der Waals surface area contributed by atoms with E-state index in [4.69, 9.17) is 0 Å². The fourth-order valence-corrected chi connectivity index (χ4v) is 3.76. The van der Waals surface area contributed by atoms with Crippen molar-refractivity contribution in [1.29, 1.82) is 0 Å². The van der Waals surface area contributed by atoms with Gasteiger partial charge in [-0.15, -0.1) is 11.3 Å². The number of thiophene rings is 1. The second kappa shape index (κ2) is 6.87. The van der Waals surface area contributed by atoms with Crippen LogP contribution in [0, 0.1) is 0 Å². The number of rotatable bonds is 7. The first-order chi connectivity index (χ1) is 7.98. The molecule has 1 aromatic heterocycles. The lowest BCUT2D eigenvalue weighted by Gasteiger charge is -2.14. The molecule has 0 radical (unpaired) electrons. The van der Waals surface area contributed by atoms with Gasteiger partial charge in [-0.3, -0.25) is 0 Å². The molecule has 1 unspecified atom stereocenters. The highest BCUT2D eigenvalue weighted by molar-refractivity contribution is 9.11. The van der Waals surface area contributed by atoms with Gasteiger partial charge in [0, 0.05) is 11.8 Å². The van der Waals surface area contributed by atoms with E-state index < -0.39 is 9.84 Å². The molecule has 1 rings (SSSR count). The summed E-state index contributed by atoms with van der Waals surface area (Å²) in [6.45, 7) is 1.70. The predicted octanol–water partition coefficient (Wildman–Crippen LogP) is 2.99. The minimum Gasteiger partial charge on any atom is -0.313 e. The van der Waals surface area contributed by atoms with Crippen LogP contribution in [0.15, 0.2) is 15.2 Å². The van der Waals surface area contributed by atoms with E-state index in [2.05, 4.69) is 32.7 Å². The highest BCUT2D eigenvalue weighted by Gasteiger charge is 2.13. The first-order valence-corrected chi connectivity index (χ1v) is 9.09. The van der Waals surface area contributed by atoms with E-state index in [1.54, 1.807) is 18.3 Å². The topological polar surface area (TPSA) is 46.2 Å². The number of sulfone groups is 1. The normalized spacial score (nSPS) is 13.8. The van der Waals surface area contributed by atoms with Crippen molar-refractivity contribution in [2.24, 2.45) is 0 Å². The molecule has 0 aromatic carbocycles. The number of nitrogens with one attached hydrogen (secondary N) is 1. The molecule has 0 aliphatic carbocycles. The Labute approximate surface area is 116 Å². The fourth-order valence-electron chi connectivity index (χ4n) is 1.64. The van der Waals surface area contributed by atoms with Crippen LogP contribution in [0.25, 0.3) is 0 Å². The van der Waals surface area contributed by atoms with E-state index in [1.807, 2.05) is 7.05 Å². The number of hydrogen-bond acceptors (Lipinski definition) is 4. The second-order valence-corrected chi connectivity index (χ2v) is 8.67. The average molecular weight is 340 g/mol. The molecule has 0 saturated carbocycles. The zero-order chi connectivity index (χ0) is 12.9. The highest BCUT2D eigenvalue weighted by atomic mass is 79.9. The van der Waals surface area contributed by atoms with Crippen LogP contribution in [0.2, 0.25) is 0 Å². The van der Waals surface area contributed by atoms with Crippen molar-refractivity contribution < 1.29 is 8.42 Å². The molecule has 0 spiro atoms. The van der Waals surface area contributed by atoms with Gasteiger partial charge in [0.1, 0.15) is 9.84 Å². The standard InChI is InChI=1S/C11H18BrNO2S2/c1-3-17(14,15)6-4-5-10(13-2)9-7-11(12)16-8-9/h7-8,10,13H,3-6H2,1-2H3. The van der Waals surface area contributed by atoms with E-state index in [0.717, 1.165) is 10.2 Å². The van der Waals surface area contributed by atoms with Gasteiger partial charge in [-0.05, 0) is 52.8 Å². The molecule has 1 heterocycles. The summed E-state index contributed by atoms with van der Waals surface area (Å²) in [5.74, 6) is 0.522. The summed E-state index contributed by atoms with van der Waals surface area (Å²) in [6, 6.07) is 2.32. The van der Waals surface area contributed by atoms with E-state index in [1.165, 1.54) is 5.56 Å². The Morgan fingerprint density at radius 3 is 2.71 bits per heavy atom. The highest BCUT2D eigenvalue weighted by Crippen LogP contribution is 2.27. The van der Waals surface area contributed by atoms with E-state index >= 15 is 0 Å². The summed E-state index contributed by atoms with van der Waals surface area (Å²) in [4.78, 5) is 0. The van der Waals surface area contributed by atoms with E-state index in [0.29, 0.717) is 6.42 Å². The van der Waals surface area contributed by atoms with Crippen molar-refractivity contribution in [1.82, 2.24) is 5.32 Å². The molecule has 0 amide bonds. The molecule has 3 nitrogen and oxygen atoms in total. The van der Waals surface area contributed by atoms with Crippen LogP contribution in [0.1, 0.15) is 31.4 Å². The van der Waals surface area contributed by atoms with Crippen molar-refractivity contribution in [3.05, 3.63) is 20.8 Å². The smallest absolute Gasteiger partial charge is 0.150 e. The lowest BCUT2D eigenvalue weighted by molar-refractivity contribution is 0.536. The van der Waals surface area contributed by atoms with Crippen LogP contribution in [0.3, 0.4) is 0 Å². The van der Waals surface area contributed by atoms with Crippen LogP contribution >= 0.6 is 27.3 Å². The maximum Gasteiger partial charge on any atom is 0.150 e. The average Bonchev–Trinajstić information content (AvgIpc) is 2.71. The van der Waals surface area contributed by atoms with Crippen molar-refractivity contribution >= 4 is 37.1 Å². The Morgan fingerprint density at radius 1 is 1.53 bits per heavy atom. The van der Waals surface area contributed by atoms with Gasteiger partial charge >= 0.3 is 0 Å². The third-order valence-electron chi connectivity index (χ3n) is 2.73. The summed E-state index contributed by atoms with van der Waals surface area (Å²) in [5, 5.41) is 5.32. The van der Waals surface area contributed by atoms with Crippen molar-refractivity contribution in [2.75, 3.05) is 18.6 Å². The van der Waals surface area contributed by atoms with Crippen LogP contribution in [0.4, 0.5) is 0 Å². The zero-order valence-electron chi connectivity index (χ0n) is 10.1. The van der Waals surface area contributed by atoms with Gasteiger partial charge in [0.15, 0.2) is 0 Å². The lowest BCUT2D eigenvalue weighted by Crippen LogP contribution is -2.17. The molecule has 1 N–H and O–H groups in total. The minimum absolute atomic E-state index is 0.237. The SMILES string of the molecule is CCS(=O)(=O)CCCC(NC)c1csc(Br)c1. The zero-order valence-corrected chi connectivity index (χ0v) is 13.3. The van der Waals surface area contributed by atoms with Crippen LogP contribution in [0.5, 0.6) is 0 Å². The van der Waals surface area contributed by atoms with Gasteiger partial charge in [0.05, 0.1) is 9.54 Å². The predicted molar refractivity (Wildman–Crippen MR) is 77.4 cm³/mol. The van der Waals surface area contributed by atoms with Crippen molar-refractivity contribution in [3.63, 3.8) is 0 Å². The monoisotopic (exact) mass is 339 g/mol. The summed E-state index contributed by atoms with van der Waals surface area (Å²) in [6.07, 6.45) is 1.55. The molecule has 98 valence electrons. The largest absolute Gasteiger partial charge is 0.313 e. The molecular weight excluding hydrogens is 322 g/mol.